The van der Waals surface area contributed by atoms with Crippen molar-refractivity contribution in [3.63, 3.8) is 0 Å². The zero-order chi connectivity index (χ0) is 19.1. The fraction of sp³-hybridized carbons (Fsp3) is 0.222. The van der Waals surface area contributed by atoms with Gasteiger partial charge in [-0.05, 0) is 17.7 Å². The van der Waals surface area contributed by atoms with Crippen molar-refractivity contribution in [2.24, 2.45) is 0 Å². The second-order valence-electron chi connectivity index (χ2n) is 5.11. The summed E-state index contributed by atoms with van der Waals surface area (Å²) in [6, 6.07) is 9.62. The number of amides is 1. The Kier molecular flexibility index (Phi) is 6.26. The first-order chi connectivity index (χ1) is 12.5. The highest BCUT2D eigenvalue weighted by Crippen LogP contribution is 2.33. The largest absolute Gasteiger partial charge is 0.497 e. The monoisotopic (exact) mass is 361 g/mol. The van der Waals surface area contributed by atoms with Crippen molar-refractivity contribution < 1.29 is 33.6 Å². The maximum absolute atomic E-state index is 12.0. The van der Waals surface area contributed by atoms with E-state index in [1.165, 1.54) is 26.4 Å². The molecule has 0 unspecified atom stereocenters. The molecule has 0 aromatic heterocycles. The van der Waals surface area contributed by atoms with Crippen molar-refractivity contribution in [1.29, 1.82) is 0 Å². The van der Waals surface area contributed by atoms with Crippen LogP contribution in [-0.2, 0) is 11.3 Å². The highest BCUT2D eigenvalue weighted by atomic mass is 16.5. The molecule has 138 valence electrons. The summed E-state index contributed by atoms with van der Waals surface area (Å²) in [6.07, 6.45) is -0.796. The third-order valence-electron chi connectivity index (χ3n) is 3.52. The fourth-order valence-electron chi connectivity index (χ4n) is 2.18. The van der Waals surface area contributed by atoms with Gasteiger partial charge < -0.3 is 24.1 Å². The van der Waals surface area contributed by atoms with Gasteiger partial charge in [-0.2, -0.15) is 0 Å². The first-order valence-corrected chi connectivity index (χ1v) is 7.54. The number of benzene rings is 2. The van der Waals surface area contributed by atoms with Crippen LogP contribution in [0.3, 0.4) is 0 Å². The van der Waals surface area contributed by atoms with Gasteiger partial charge in [-0.15, -0.1) is 0 Å². The molecule has 0 aliphatic heterocycles. The molecule has 0 fully saturated rings. The third-order valence-corrected chi connectivity index (χ3v) is 3.52. The Morgan fingerprint density at radius 2 is 1.58 bits per heavy atom. The van der Waals surface area contributed by atoms with Crippen LogP contribution in [0, 0.1) is 0 Å². The molecule has 0 spiro atoms. The number of hydrogen-bond donors (Lipinski definition) is 2. The van der Waals surface area contributed by atoms with Crippen LogP contribution in [0.1, 0.15) is 15.9 Å². The topological polar surface area (TPSA) is 103 Å². The molecule has 0 aliphatic carbocycles. The van der Waals surface area contributed by atoms with E-state index in [9.17, 15) is 14.7 Å². The average Bonchev–Trinajstić information content (AvgIpc) is 2.66. The first-order valence-electron chi connectivity index (χ1n) is 7.54. The molecule has 0 saturated heterocycles. The van der Waals surface area contributed by atoms with Crippen LogP contribution in [0.25, 0.3) is 0 Å². The van der Waals surface area contributed by atoms with Gasteiger partial charge in [0.05, 0.1) is 32.6 Å². The SMILES string of the molecule is COc1ccc(COC(=O)Nc2cc(OC)c(OC)cc2C(=O)O)cc1. The smallest absolute Gasteiger partial charge is 0.411 e. The second kappa shape index (κ2) is 8.61. The Morgan fingerprint density at radius 3 is 2.12 bits per heavy atom. The van der Waals surface area contributed by atoms with Crippen LogP contribution in [0.2, 0.25) is 0 Å². The van der Waals surface area contributed by atoms with Gasteiger partial charge in [0.2, 0.25) is 0 Å². The molecule has 0 saturated carbocycles. The van der Waals surface area contributed by atoms with E-state index >= 15 is 0 Å². The number of hydrogen-bond acceptors (Lipinski definition) is 6. The van der Waals surface area contributed by atoms with E-state index < -0.39 is 12.1 Å². The number of carbonyl (C=O) groups is 2. The quantitative estimate of drug-likeness (QED) is 0.781. The van der Waals surface area contributed by atoms with Crippen molar-refractivity contribution in [2.45, 2.75) is 6.61 Å². The molecule has 1 amide bonds. The Labute approximate surface area is 150 Å². The number of anilines is 1. The molecule has 2 aromatic rings. The van der Waals surface area contributed by atoms with Gasteiger partial charge in [0.25, 0.3) is 0 Å². The number of carboxylic acid groups (broad SMARTS) is 1. The number of ether oxygens (including phenoxy) is 4. The fourth-order valence-corrected chi connectivity index (χ4v) is 2.18. The van der Waals surface area contributed by atoms with Gasteiger partial charge in [-0.25, -0.2) is 9.59 Å². The minimum Gasteiger partial charge on any atom is -0.497 e. The molecule has 26 heavy (non-hydrogen) atoms. The summed E-state index contributed by atoms with van der Waals surface area (Å²) in [7, 11) is 4.35. The number of nitrogens with one attached hydrogen (secondary N) is 1. The summed E-state index contributed by atoms with van der Waals surface area (Å²) in [5.74, 6) is -0.0176. The van der Waals surface area contributed by atoms with Crippen LogP contribution in [0.15, 0.2) is 36.4 Å². The number of rotatable bonds is 7. The van der Waals surface area contributed by atoms with E-state index in [-0.39, 0.29) is 29.4 Å². The van der Waals surface area contributed by atoms with E-state index in [1.807, 2.05) is 0 Å². The lowest BCUT2D eigenvalue weighted by Gasteiger charge is -2.14. The van der Waals surface area contributed by atoms with Gasteiger partial charge >= 0.3 is 12.1 Å². The van der Waals surface area contributed by atoms with Crippen LogP contribution >= 0.6 is 0 Å². The predicted molar refractivity (Wildman–Crippen MR) is 93.3 cm³/mol. The molecule has 2 aromatic carbocycles. The molecular weight excluding hydrogens is 342 g/mol. The van der Waals surface area contributed by atoms with Crippen molar-refractivity contribution in [1.82, 2.24) is 0 Å². The predicted octanol–water partition coefficient (Wildman–Crippen LogP) is 3.16. The van der Waals surface area contributed by atoms with E-state index in [0.29, 0.717) is 5.75 Å². The van der Waals surface area contributed by atoms with E-state index in [2.05, 4.69) is 5.32 Å². The minimum absolute atomic E-state index is 0.0194. The maximum atomic E-state index is 12.0. The number of carbonyl (C=O) groups excluding carboxylic acids is 1. The van der Waals surface area contributed by atoms with Crippen LogP contribution in [0.5, 0.6) is 17.2 Å². The summed E-state index contributed by atoms with van der Waals surface area (Å²) >= 11 is 0. The van der Waals surface area contributed by atoms with Crippen LogP contribution in [0.4, 0.5) is 10.5 Å². The normalized spacial score (nSPS) is 9.96. The lowest BCUT2D eigenvalue weighted by Crippen LogP contribution is -2.16. The molecule has 0 bridgehead atoms. The summed E-state index contributed by atoms with van der Waals surface area (Å²) in [5.41, 5.74) is 0.644. The lowest BCUT2D eigenvalue weighted by molar-refractivity contribution is 0.0697. The first kappa shape index (κ1) is 18.9. The highest BCUT2D eigenvalue weighted by molar-refractivity contribution is 5.99. The van der Waals surface area contributed by atoms with Crippen LogP contribution < -0.4 is 19.5 Å². The van der Waals surface area contributed by atoms with Crippen molar-refractivity contribution >= 4 is 17.7 Å². The Bertz CT molecular complexity index is 787. The van der Waals surface area contributed by atoms with Gasteiger partial charge in [-0.1, -0.05) is 12.1 Å². The standard InChI is InChI=1S/C18H19NO7/c1-23-12-6-4-11(5-7-12)10-26-18(22)19-14-9-16(25-3)15(24-2)8-13(14)17(20)21/h4-9H,10H2,1-3H3,(H,19,22)(H,20,21). The van der Waals surface area contributed by atoms with Gasteiger partial charge in [0, 0.05) is 12.1 Å². The zero-order valence-electron chi connectivity index (χ0n) is 14.6. The van der Waals surface area contributed by atoms with E-state index in [0.717, 1.165) is 5.56 Å². The molecule has 0 atom stereocenters. The highest BCUT2D eigenvalue weighted by Gasteiger charge is 2.18. The molecule has 2 rings (SSSR count). The molecule has 0 aliphatic rings. The zero-order valence-corrected chi connectivity index (χ0v) is 14.6. The van der Waals surface area contributed by atoms with Gasteiger partial charge in [-0.3, -0.25) is 5.32 Å². The maximum Gasteiger partial charge on any atom is 0.411 e. The average molecular weight is 361 g/mol. The molecule has 0 heterocycles. The van der Waals surface area contributed by atoms with Crippen molar-refractivity contribution in [2.75, 3.05) is 26.6 Å². The van der Waals surface area contributed by atoms with Crippen molar-refractivity contribution in [3.8, 4) is 17.2 Å². The Hall–Kier alpha value is -3.42. The third kappa shape index (κ3) is 4.56. The van der Waals surface area contributed by atoms with E-state index in [4.69, 9.17) is 18.9 Å². The van der Waals surface area contributed by atoms with Gasteiger partial charge in [0.1, 0.15) is 12.4 Å². The Balaban J connectivity index is 2.10. The second-order valence-corrected chi connectivity index (χ2v) is 5.11. The van der Waals surface area contributed by atoms with Crippen molar-refractivity contribution in [3.05, 3.63) is 47.5 Å². The number of methoxy groups -OCH3 is 3. The molecule has 2 N–H and O–H groups in total. The molecular formula is C18H19NO7. The molecule has 8 heteroatoms. The van der Waals surface area contributed by atoms with Gasteiger partial charge in [0.15, 0.2) is 11.5 Å². The minimum atomic E-state index is -1.23. The van der Waals surface area contributed by atoms with Crippen LogP contribution in [-0.4, -0.2) is 38.5 Å². The Morgan fingerprint density at radius 1 is 0.962 bits per heavy atom. The number of aromatic carboxylic acids is 1. The summed E-state index contributed by atoms with van der Waals surface area (Å²) in [4.78, 5) is 23.4. The summed E-state index contributed by atoms with van der Waals surface area (Å²) < 4.78 is 20.4. The number of carboxylic acids is 1. The molecule has 0 radical (unpaired) electrons. The van der Waals surface area contributed by atoms with E-state index in [1.54, 1.807) is 31.4 Å². The molecule has 8 nitrogen and oxygen atoms in total. The lowest BCUT2D eigenvalue weighted by atomic mass is 10.1. The summed E-state index contributed by atoms with van der Waals surface area (Å²) in [5, 5.41) is 11.7. The summed E-state index contributed by atoms with van der Waals surface area (Å²) in [6.45, 7) is 0.0194.